The van der Waals surface area contributed by atoms with Crippen molar-refractivity contribution < 1.29 is 21.6 Å². The van der Waals surface area contributed by atoms with Gasteiger partial charge >= 0.3 is 6.18 Å². The van der Waals surface area contributed by atoms with Gasteiger partial charge < -0.3 is 4.90 Å². The second-order valence-corrected chi connectivity index (χ2v) is 9.66. The summed E-state index contributed by atoms with van der Waals surface area (Å²) in [7, 11) is -4.13. The maximum absolute atomic E-state index is 13.7. The fourth-order valence-electron chi connectivity index (χ4n) is 3.37. The third-order valence-electron chi connectivity index (χ3n) is 4.94. The van der Waals surface area contributed by atoms with Crippen LogP contribution in [-0.4, -0.2) is 37.9 Å². The summed E-state index contributed by atoms with van der Waals surface area (Å²) in [5, 5.41) is 4.03. The highest BCUT2D eigenvalue weighted by Crippen LogP contribution is 2.35. The molecule has 1 fully saturated rings. The van der Waals surface area contributed by atoms with Crippen molar-refractivity contribution in [3.05, 3.63) is 63.6 Å². The van der Waals surface area contributed by atoms with Gasteiger partial charge in [-0.15, -0.1) is 5.10 Å². The highest BCUT2D eigenvalue weighted by Gasteiger charge is 2.46. The van der Waals surface area contributed by atoms with Gasteiger partial charge in [-0.1, -0.05) is 47.0 Å². The fraction of sp³-hybridized carbons (Fsp3) is 0.350. The van der Waals surface area contributed by atoms with Crippen molar-refractivity contribution in [1.82, 2.24) is 9.73 Å². The van der Waals surface area contributed by atoms with Gasteiger partial charge in [-0.05, 0) is 50.5 Å². The SMILES string of the molecule is Cc1ccc(S(=O)(=O)N/N=C(\c2c(Cl)cccc2Cl)N2CCCCC2C(F)(F)F)cc1. The van der Waals surface area contributed by atoms with Gasteiger partial charge in [0, 0.05) is 6.54 Å². The molecule has 0 spiro atoms. The molecule has 168 valence electrons. The van der Waals surface area contributed by atoms with Crippen LogP contribution in [0.5, 0.6) is 0 Å². The molecule has 1 aliphatic heterocycles. The van der Waals surface area contributed by atoms with Crippen molar-refractivity contribution in [1.29, 1.82) is 0 Å². The Morgan fingerprint density at radius 1 is 1.10 bits per heavy atom. The van der Waals surface area contributed by atoms with Gasteiger partial charge in [0.2, 0.25) is 0 Å². The van der Waals surface area contributed by atoms with Crippen molar-refractivity contribution in [3.8, 4) is 0 Å². The van der Waals surface area contributed by atoms with Gasteiger partial charge in [-0.3, -0.25) is 0 Å². The lowest BCUT2D eigenvalue weighted by molar-refractivity contribution is -0.179. The number of rotatable bonds is 4. The van der Waals surface area contributed by atoms with Crippen LogP contribution < -0.4 is 4.83 Å². The molecule has 1 heterocycles. The second-order valence-electron chi connectivity index (χ2n) is 7.19. The Hall–Kier alpha value is -1.97. The number of halogens is 5. The summed E-state index contributed by atoms with van der Waals surface area (Å²) in [5.74, 6) is -0.270. The van der Waals surface area contributed by atoms with E-state index < -0.39 is 22.2 Å². The topological polar surface area (TPSA) is 61.8 Å². The predicted octanol–water partition coefficient (Wildman–Crippen LogP) is 5.36. The van der Waals surface area contributed by atoms with E-state index in [0.717, 1.165) is 10.5 Å². The zero-order valence-corrected chi connectivity index (χ0v) is 18.8. The van der Waals surface area contributed by atoms with Crippen LogP contribution in [0.15, 0.2) is 52.5 Å². The Bertz CT molecular complexity index is 1050. The van der Waals surface area contributed by atoms with Crippen LogP contribution in [0.1, 0.15) is 30.4 Å². The quantitative estimate of drug-likeness (QED) is 0.354. The summed E-state index contributed by atoms with van der Waals surface area (Å²) in [6.07, 6.45) is -3.81. The van der Waals surface area contributed by atoms with Crippen molar-refractivity contribution in [2.45, 2.75) is 43.3 Å². The van der Waals surface area contributed by atoms with Crippen molar-refractivity contribution >= 4 is 39.1 Å². The molecule has 2 aromatic rings. The van der Waals surface area contributed by atoms with Gasteiger partial charge in [0.15, 0.2) is 5.84 Å². The smallest absolute Gasteiger partial charge is 0.343 e. The number of hydrogen-bond donors (Lipinski definition) is 1. The summed E-state index contributed by atoms with van der Waals surface area (Å²) >= 11 is 12.5. The average molecular weight is 494 g/mol. The van der Waals surface area contributed by atoms with Crippen LogP contribution in [0, 0.1) is 6.92 Å². The molecule has 0 amide bonds. The maximum Gasteiger partial charge on any atom is 0.408 e. The Kier molecular flexibility index (Phi) is 7.08. The minimum Gasteiger partial charge on any atom is -0.343 e. The maximum atomic E-state index is 13.7. The molecule has 5 nitrogen and oxygen atoms in total. The van der Waals surface area contributed by atoms with E-state index in [2.05, 4.69) is 9.93 Å². The van der Waals surface area contributed by atoms with E-state index in [1.165, 1.54) is 24.3 Å². The van der Waals surface area contributed by atoms with E-state index in [1.807, 2.05) is 0 Å². The third-order valence-corrected chi connectivity index (χ3v) is 6.80. The summed E-state index contributed by atoms with van der Waals surface area (Å²) in [6.45, 7) is 1.82. The number of alkyl halides is 3. The zero-order valence-electron chi connectivity index (χ0n) is 16.5. The lowest BCUT2D eigenvalue weighted by Gasteiger charge is -2.39. The van der Waals surface area contributed by atoms with Gasteiger partial charge in [-0.25, -0.2) is 0 Å². The van der Waals surface area contributed by atoms with Crippen molar-refractivity contribution in [3.63, 3.8) is 0 Å². The number of sulfonamides is 1. The van der Waals surface area contributed by atoms with Crippen LogP contribution in [0.25, 0.3) is 0 Å². The standard InChI is InChI=1S/C20H20Cl2F3N3O2S/c1-13-8-10-14(11-9-13)31(29,30)27-26-19(18-15(21)5-4-6-16(18)22)28-12-3-2-7-17(28)20(23,24)25/h4-6,8-11,17,27H,2-3,7,12H2,1H3/b26-19+. The van der Waals surface area contributed by atoms with Crippen LogP contribution >= 0.6 is 23.2 Å². The van der Waals surface area contributed by atoms with E-state index in [9.17, 15) is 21.6 Å². The third kappa shape index (κ3) is 5.45. The molecule has 2 aromatic carbocycles. The Morgan fingerprint density at radius 3 is 2.29 bits per heavy atom. The van der Waals surface area contributed by atoms with Gasteiger partial charge in [0.05, 0.1) is 20.5 Å². The lowest BCUT2D eigenvalue weighted by Crippen LogP contribution is -2.52. The van der Waals surface area contributed by atoms with E-state index in [4.69, 9.17) is 23.2 Å². The molecule has 11 heteroatoms. The zero-order chi connectivity index (χ0) is 22.8. The Labute approximate surface area is 188 Å². The lowest BCUT2D eigenvalue weighted by atomic mass is 10.00. The first kappa shape index (κ1) is 23.7. The number of benzene rings is 2. The summed E-state index contributed by atoms with van der Waals surface area (Å²) < 4.78 is 66.6. The van der Waals surface area contributed by atoms with Crippen molar-refractivity contribution in [2.75, 3.05) is 6.54 Å². The van der Waals surface area contributed by atoms with Gasteiger partial charge in [-0.2, -0.15) is 26.4 Å². The molecule has 1 saturated heterocycles. The fourth-order valence-corrected chi connectivity index (χ4v) is 4.75. The molecule has 1 atom stereocenters. The van der Waals surface area contributed by atoms with Crippen LogP contribution in [0.4, 0.5) is 13.2 Å². The van der Waals surface area contributed by atoms with Gasteiger partial charge in [0.1, 0.15) is 6.04 Å². The van der Waals surface area contributed by atoms with E-state index in [1.54, 1.807) is 25.1 Å². The minimum atomic E-state index is -4.54. The molecule has 0 saturated carbocycles. The average Bonchev–Trinajstić information content (AvgIpc) is 2.70. The minimum absolute atomic E-state index is 0.0246. The highest BCUT2D eigenvalue weighted by molar-refractivity contribution is 7.89. The number of amidine groups is 1. The number of hydrazone groups is 1. The number of likely N-dealkylation sites (tertiary alicyclic amines) is 1. The molecule has 0 bridgehead atoms. The van der Waals surface area contributed by atoms with Crippen LogP contribution in [0.2, 0.25) is 10.0 Å². The van der Waals surface area contributed by atoms with E-state index >= 15 is 0 Å². The molecule has 0 aromatic heterocycles. The second kappa shape index (κ2) is 9.26. The summed E-state index contributed by atoms with van der Waals surface area (Å²) in [6, 6.07) is 8.60. The summed E-state index contributed by atoms with van der Waals surface area (Å²) in [5.41, 5.74) is 0.890. The number of aryl methyl sites for hydroxylation is 1. The molecular formula is C20H20Cl2F3N3O2S. The first-order valence-corrected chi connectivity index (χ1v) is 11.7. The number of nitrogens with one attached hydrogen (secondary N) is 1. The Morgan fingerprint density at radius 2 is 1.71 bits per heavy atom. The molecule has 1 N–H and O–H groups in total. The highest BCUT2D eigenvalue weighted by atomic mass is 35.5. The largest absolute Gasteiger partial charge is 0.408 e. The first-order chi connectivity index (χ1) is 14.5. The molecule has 31 heavy (non-hydrogen) atoms. The van der Waals surface area contributed by atoms with Crippen molar-refractivity contribution in [2.24, 2.45) is 5.10 Å². The predicted molar refractivity (Wildman–Crippen MR) is 115 cm³/mol. The number of piperidine rings is 1. The summed E-state index contributed by atoms with van der Waals surface area (Å²) in [4.78, 5) is 3.00. The molecular weight excluding hydrogens is 474 g/mol. The van der Waals surface area contributed by atoms with Gasteiger partial charge in [0.25, 0.3) is 10.0 Å². The number of nitrogens with zero attached hydrogens (tertiary/aromatic N) is 2. The number of hydrogen-bond acceptors (Lipinski definition) is 3. The molecule has 1 unspecified atom stereocenters. The molecule has 3 rings (SSSR count). The molecule has 0 aliphatic carbocycles. The monoisotopic (exact) mass is 493 g/mol. The Balaban J connectivity index is 2.09. The molecule has 1 aliphatic rings. The molecule has 0 radical (unpaired) electrons. The normalized spacial score (nSPS) is 18.2. The van der Waals surface area contributed by atoms with E-state index in [0.29, 0.717) is 12.8 Å². The van der Waals surface area contributed by atoms with E-state index in [-0.39, 0.29) is 39.3 Å². The first-order valence-electron chi connectivity index (χ1n) is 9.44. The van der Waals surface area contributed by atoms with Crippen LogP contribution in [0.3, 0.4) is 0 Å². The van der Waals surface area contributed by atoms with Crippen LogP contribution in [-0.2, 0) is 10.0 Å².